The molecule has 26 valence electrons. The highest BCUT2D eigenvalue weighted by Gasteiger charge is 2.53. The van der Waals surface area contributed by atoms with Gasteiger partial charge in [0.1, 0.15) is 0 Å². The Balaban J connectivity index is 2.30. The van der Waals surface area contributed by atoms with Crippen LogP contribution in [0.4, 0.5) is 0 Å². The summed E-state index contributed by atoms with van der Waals surface area (Å²) >= 11 is 0. The number of rotatable bonds is 0. The van der Waals surface area contributed by atoms with Crippen molar-refractivity contribution in [2.24, 2.45) is 0 Å². The number of hydrogen-bond acceptors (Lipinski definition) is 0. The second-order valence-corrected chi connectivity index (χ2v) is 3.90. The topological polar surface area (TPSA) is 0 Å². The molecule has 0 aromatic rings. The lowest BCUT2D eigenvalue weighted by Gasteiger charge is -1.60. The lowest BCUT2D eigenvalue weighted by Crippen LogP contribution is -1.47. The minimum atomic E-state index is 1.03. The van der Waals surface area contributed by atoms with Gasteiger partial charge in [0, 0.05) is 9.52 Å². The van der Waals surface area contributed by atoms with Crippen LogP contribution in [0.1, 0.15) is 12.8 Å². The van der Waals surface area contributed by atoms with E-state index in [1.54, 1.807) is 18.9 Å². The van der Waals surface area contributed by atoms with E-state index in [0.717, 1.165) is 5.04 Å². The third-order valence-electron chi connectivity index (χ3n) is 1.53. The van der Waals surface area contributed by atoms with E-state index < -0.39 is 0 Å². The monoisotopic (exact) mass is 82.0 g/mol. The van der Waals surface area contributed by atoms with Crippen LogP contribution in [0.3, 0.4) is 0 Å². The molecule has 0 unspecified atom stereocenters. The summed E-state index contributed by atoms with van der Waals surface area (Å²) in [5.41, 5.74) is 0. The molecule has 1 saturated carbocycles. The zero-order valence-corrected chi connectivity index (χ0v) is 4.12. The van der Waals surface area contributed by atoms with Gasteiger partial charge in [0.15, 0.2) is 0 Å². The lowest BCUT2D eigenvalue weighted by atomic mass is 10.5. The van der Waals surface area contributed by atoms with Crippen LogP contribution in [0.5, 0.6) is 0 Å². The maximum atomic E-state index is 1.59. The smallest absolute Gasteiger partial charge is 0.0454 e. The van der Waals surface area contributed by atoms with Crippen LogP contribution >= 0.6 is 0 Å². The quantitative estimate of drug-likeness (QED) is 0.383. The first-order valence-electron chi connectivity index (χ1n) is 2.16. The molecule has 1 heteroatoms. The van der Waals surface area contributed by atoms with Crippen molar-refractivity contribution in [3.8, 4) is 0 Å². The van der Waals surface area contributed by atoms with Crippen LogP contribution in [-0.2, 0) is 0 Å². The van der Waals surface area contributed by atoms with E-state index in [1.165, 1.54) is 9.52 Å². The van der Waals surface area contributed by atoms with Crippen molar-refractivity contribution >= 4 is 9.52 Å². The molecule has 2 aliphatic rings. The summed E-state index contributed by atoms with van der Waals surface area (Å²) in [4.78, 5) is 0. The van der Waals surface area contributed by atoms with Crippen molar-refractivity contribution < 1.29 is 0 Å². The molecule has 0 nitrogen and oxygen atoms in total. The Morgan fingerprint density at radius 2 is 2.00 bits per heavy atom. The van der Waals surface area contributed by atoms with Crippen molar-refractivity contribution in [2.45, 2.75) is 23.9 Å². The fraction of sp³-hybridized carbons (Fsp3) is 1.00. The molecule has 2 radical (unpaired) electrons. The van der Waals surface area contributed by atoms with Gasteiger partial charge in [-0.05, 0) is 5.04 Å². The van der Waals surface area contributed by atoms with Gasteiger partial charge >= 0.3 is 0 Å². The lowest BCUT2D eigenvalue weighted by molar-refractivity contribution is 1.16. The summed E-state index contributed by atoms with van der Waals surface area (Å²) in [5.74, 6) is 0. The van der Waals surface area contributed by atoms with E-state index >= 15 is 0 Å². The average molecular weight is 82.2 g/mol. The molecule has 1 saturated heterocycles. The van der Waals surface area contributed by atoms with Gasteiger partial charge in [-0.1, -0.05) is 18.9 Å². The van der Waals surface area contributed by atoms with Gasteiger partial charge in [0.05, 0.1) is 0 Å². The predicted octanol–water partition coefficient (Wildman–Crippen LogP) is 1.07. The predicted molar refractivity (Wildman–Crippen MR) is 22.5 cm³/mol. The molecule has 1 heterocycles. The third kappa shape index (κ3) is 0.199. The van der Waals surface area contributed by atoms with Gasteiger partial charge in [-0.25, -0.2) is 0 Å². The molecule has 0 aromatic carbocycles. The zero-order valence-electron chi connectivity index (χ0n) is 3.12. The van der Waals surface area contributed by atoms with E-state index in [-0.39, 0.29) is 0 Å². The molecule has 1 spiro atoms. The fourth-order valence-electron chi connectivity index (χ4n) is 0.629. The molecular formula is C4H6Si. The molecular weight excluding hydrogens is 76.1 g/mol. The minimum Gasteiger partial charge on any atom is -0.0579 e. The normalized spacial score (nSPS) is 38.4. The molecule has 0 aromatic heterocycles. The molecule has 0 bridgehead atoms. The summed E-state index contributed by atoms with van der Waals surface area (Å²) in [6.45, 7) is 0. The Morgan fingerprint density at radius 3 is 2.00 bits per heavy atom. The maximum Gasteiger partial charge on any atom is 0.0454 e. The highest BCUT2D eigenvalue weighted by Crippen LogP contribution is 2.68. The first kappa shape index (κ1) is 2.40. The van der Waals surface area contributed by atoms with E-state index in [0.29, 0.717) is 0 Å². The minimum absolute atomic E-state index is 1.03. The summed E-state index contributed by atoms with van der Waals surface area (Å²) in [7, 11) is 1.37. The van der Waals surface area contributed by atoms with Crippen LogP contribution in [-0.4, -0.2) is 9.52 Å². The summed E-state index contributed by atoms with van der Waals surface area (Å²) < 4.78 is 0. The van der Waals surface area contributed by atoms with Crippen molar-refractivity contribution in [3.63, 3.8) is 0 Å². The fourth-order valence-corrected chi connectivity index (χ4v) is 1.71. The molecule has 1 aliphatic carbocycles. The van der Waals surface area contributed by atoms with Crippen molar-refractivity contribution in [1.82, 2.24) is 0 Å². The zero-order chi connectivity index (χ0) is 3.33. The first-order chi connectivity index (χ1) is 2.41. The van der Waals surface area contributed by atoms with Crippen molar-refractivity contribution in [3.05, 3.63) is 0 Å². The SMILES string of the molecule is C1CC12C[Si]2. The van der Waals surface area contributed by atoms with Crippen molar-refractivity contribution in [2.75, 3.05) is 0 Å². The van der Waals surface area contributed by atoms with Gasteiger partial charge in [0.25, 0.3) is 0 Å². The Kier molecular flexibility index (Phi) is 0.201. The Morgan fingerprint density at radius 1 is 1.40 bits per heavy atom. The Hall–Kier alpha value is 0.217. The molecule has 0 atom stereocenters. The van der Waals surface area contributed by atoms with Crippen LogP contribution in [0.25, 0.3) is 0 Å². The average Bonchev–Trinajstić information content (AvgIpc) is 2.17. The van der Waals surface area contributed by atoms with Crippen LogP contribution in [0.15, 0.2) is 0 Å². The van der Waals surface area contributed by atoms with E-state index in [2.05, 4.69) is 0 Å². The molecule has 1 aliphatic heterocycles. The Labute approximate surface area is 34.4 Å². The summed E-state index contributed by atoms with van der Waals surface area (Å²) in [5, 5.41) is 1.03. The van der Waals surface area contributed by atoms with Gasteiger partial charge in [-0.15, -0.1) is 0 Å². The summed E-state index contributed by atoms with van der Waals surface area (Å²) in [6.07, 6.45) is 3.15. The van der Waals surface area contributed by atoms with Gasteiger partial charge < -0.3 is 0 Å². The van der Waals surface area contributed by atoms with E-state index in [9.17, 15) is 0 Å². The third-order valence-corrected chi connectivity index (χ3v) is 3.38. The first-order valence-corrected chi connectivity index (χ1v) is 3.37. The standard InChI is InChI=1S/C4H6Si/c1-2-4(1)3-5-4/h1-3H2. The van der Waals surface area contributed by atoms with E-state index in [1.807, 2.05) is 0 Å². The maximum absolute atomic E-state index is 1.59. The van der Waals surface area contributed by atoms with Gasteiger partial charge in [-0.2, -0.15) is 0 Å². The second kappa shape index (κ2) is 0.418. The second-order valence-electron chi connectivity index (χ2n) is 2.13. The van der Waals surface area contributed by atoms with E-state index in [4.69, 9.17) is 0 Å². The largest absolute Gasteiger partial charge is 0.0579 e. The van der Waals surface area contributed by atoms with Crippen LogP contribution < -0.4 is 0 Å². The van der Waals surface area contributed by atoms with Crippen LogP contribution in [0.2, 0.25) is 11.1 Å². The Bertz CT molecular complexity index is 46.5. The molecule has 5 heavy (non-hydrogen) atoms. The molecule has 2 fully saturated rings. The highest BCUT2D eigenvalue weighted by molar-refractivity contribution is 6.55. The summed E-state index contributed by atoms with van der Waals surface area (Å²) in [6, 6.07) is 1.59. The highest BCUT2D eigenvalue weighted by atomic mass is 28.2. The molecule has 0 N–H and O–H groups in total. The van der Waals surface area contributed by atoms with Crippen LogP contribution in [0, 0.1) is 0 Å². The van der Waals surface area contributed by atoms with Gasteiger partial charge in [-0.3, -0.25) is 0 Å². The molecule has 2 rings (SSSR count). The number of hydrogen-bond donors (Lipinski definition) is 0. The molecule has 0 amide bonds. The van der Waals surface area contributed by atoms with Crippen molar-refractivity contribution in [1.29, 1.82) is 0 Å². The van der Waals surface area contributed by atoms with Gasteiger partial charge in [0.2, 0.25) is 0 Å².